The van der Waals surface area contributed by atoms with Crippen LogP contribution in [0.5, 0.6) is 0 Å². The molecule has 136 valence electrons. The molecule has 0 fully saturated rings. The van der Waals surface area contributed by atoms with Crippen molar-refractivity contribution in [3.05, 3.63) is 81.4 Å². The monoisotopic (exact) mass is 364 g/mol. The van der Waals surface area contributed by atoms with Gasteiger partial charge in [-0.2, -0.15) is 5.10 Å². The molecule has 0 atom stereocenters. The molecule has 1 aromatic carbocycles. The predicted molar refractivity (Wildman–Crippen MR) is 99.6 cm³/mol. The predicted octanol–water partition coefficient (Wildman–Crippen LogP) is 3.63. The number of nitrogens with one attached hydrogen (secondary N) is 1. The Morgan fingerprint density at radius 2 is 2.04 bits per heavy atom. The molecular weight excluding hydrogens is 348 g/mol. The molecule has 0 spiro atoms. The second kappa shape index (κ2) is 7.61. The van der Waals surface area contributed by atoms with Crippen LogP contribution in [-0.4, -0.2) is 22.0 Å². The number of nitrogens with zero attached hydrogens (tertiary/aromatic N) is 3. The average Bonchev–Trinajstić information content (AvgIpc) is 3.10. The van der Waals surface area contributed by atoms with Gasteiger partial charge in [0.05, 0.1) is 16.7 Å². The van der Waals surface area contributed by atoms with Gasteiger partial charge in [-0.1, -0.05) is 0 Å². The minimum absolute atomic E-state index is 0.0258. The number of carbonyl (C=O) groups is 1. The minimum atomic E-state index is -0.441. The summed E-state index contributed by atoms with van der Waals surface area (Å²) < 4.78 is 5.67. The molecule has 2 aromatic heterocycles. The van der Waals surface area contributed by atoms with Crippen LogP contribution in [0.15, 0.2) is 58.2 Å². The van der Waals surface area contributed by atoms with Crippen LogP contribution in [-0.2, 0) is 0 Å². The summed E-state index contributed by atoms with van der Waals surface area (Å²) in [5, 5.41) is 14.7. The minimum Gasteiger partial charge on any atom is -0.455 e. The first-order chi connectivity index (χ1) is 12.9. The van der Waals surface area contributed by atoms with E-state index in [2.05, 4.69) is 15.5 Å². The number of aromatic nitrogens is 1. The summed E-state index contributed by atoms with van der Waals surface area (Å²) in [6.07, 6.45) is 2.85. The van der Waals surface area contributed by atoms with E-state index in [-0.39, 0.29) is 11.6 Å². The van der Waals surface area contributed by atoms with E-state index in [1.807, 2.05) is 6.92 Å². The Balaban J connectivity index is 1.69. The van der Waals surface area contributed by atoms with Crippen LogP contribution in [0.4, 0.5) is 5.69 Å². The number of non-ortho nitro benzene ring substituents is 1. The fourth-order valence-electron chi connectivity index (χ4n) is 2.43. The normalized spacial score (nSPS) is 10.9. The zero-order valence-electron chi connectivity index (χ0n) is 14.7. The lowest BCUT2D eigenvalue weighted by Crippen LogP contribution is -2.17. The van der Waals surface area contributed by atoms with Gasteiger partial charge < -0.3 is 4.42 Å². The number of benzene rings is 1. The zero-order chi connectivity index (χ0) is 19.4. The van der Waals surface area contributed by atoms with Gasteiger partial charge >= 0.3 is 0 Å². The second-order valence-corrected chi connectivity index (χ2v) is 5.85. The van der Waals surface area contributed by atoms with Crippen molar-refractivity contribution in [1.29, 1.82) is 0 Å². The third-order valence-corrected chi connectivity index (χ3v) is 3.84. The molecule has 1 amide bonds. The van der Waals surface area contributed by atoms with E-state index in [9.17, 15) is 14.9 Å². The summed E-state index contributed by atoms with van der Waals surface area (Å²) in [6, 6.07) is 11.4. The standard InChI is InChI=1S/C19H16N4O4/c1-12-9-15(23(25)26)5-7-17(12)18-8-6-16(27-18)11-21-22-19(24)14-4-3-13(2)20-10-14/h3-11H,1-2H3,(H,22,24)/b21-11+. The Kier molecular flexibility index (Phi) is 5.07. The van der Waals surface area contributed by atoms with Crippen LogP contribution < -0.4 is 5.43 Å². The largest absolute Gasteiger partial charge is 0.455 e. The molecule has 0 aliphatic carbocycles. The van der Waals surface area contributed by atoms with Gasteiger partial charge in [-0.3, -0.25) is 19.9 Å². The van der Waals surface area contributed by atoms with Gasteiger partial charge in [0.1, 0.15) is 11.5 Å². The van der Waals surface area contributed by atoms with Gasteiger partial charge in [-0.05, 0) is 49.7 Å². The van der Waals surface area contributed by atoms with E-state index in [1.165, 1.54) is 24.5 Å². The van der Waals surface area contributed by atoms with Crippen molar-refractivity contribution in [3.8, 4) is 11.3 Å². The number of aryl methyl sites for hydroxylation is 2. The van der Waals surface area contributed by atoms with Crippen molar-refractivity contribution in [3.63, 3.8) is 0 Å². The molecule has 8 nitrogen and oxygen atoms in total. The van der Waals surface area contributed by atoms with Crippen molar-refractivity contribution in [2.24, 2.45) is 5.10 Å². The lowest BCUT2D eigenvalue weighted by atomic mass is 10.1. The average molecular weight is 364 g/mol. The Morgan fingerprint density at radius 3 is 2.70 bits per heavy atom. The van der Waals surface area contributed by atoms with Crippen LogP contribution in [0.2, 0.25) is 0 Å². The molecule has 8 heteroatoms. The van der Waals surface area contributed by atoms with Crippen LogP contribution >= 0.6 is 0 Å². The number of hydrazone groups is 1. The molecule has 0 bridgehead atoms. The molecular formula is C19H16N4O4. The molecule has 3 rings (SSSR count). The summed E-state index contributed by atoms with van der Waals surface area (Å²) in [6.45, 7) is 3.61. The van der Waals surface area contributed by atoms with E-state index in [0.29, 0.717) is 17.1 Å². The number of nitro groups is 1. The fraction of sp³-hybridized carbons (Fsp3) is 0.105. The van der Waals surface area contributed by atoms with Crippen molar-refractivity contribution in [1.82, 2.24) is 10.4 Å². The van der Waals surface area contributed by atoms with Crippen molar-refractivity contribution in [2.45, 2.75) is 13.8 Å². The maximum absolute atomic E-state index is 12.0. The number of hydrogen-bond donors (Lipinski definition) is 1. The molecule has 0 unspecified atom stereocenters. The van der Waals surface area contributed by atoms with Gasteiger partial charge in [0.25, 0.3) is 11.6 Å². The van der Waals surface area contributed by atoms with Gasteiger partial charge in [0.2, 0.25) is 0 Å². The Labute approximate surface area is 154 Å². The quantitative estimate of drug-likeness (QED) is 0.422. The van der Waals surface area contributed by atoms with Gasteiger partial charge in [0, 0.05) is 29.6 Å². The first-order valence-electron chi connectivity index (χ1n) is 8.05. The highest BCUT2D eigenvalue weighted by molar-refractivity contribution is 5.94. The topological polar surface area (TPSA) is 111 Å². The Morgan fingerprint density at radius 1 is 1.22 bits per heavy atom. The van der Waals surface area contributed by atoms with Crippen molar-refractivity contribution < 1.29 is 14.1 Å². The van der Waals surface area contributed by atoms with Crippen molar-refractivity contribution >= 4 is 17.8 Å². The highest BCUT2D eigenvalue weighted by atomic mass is 16.6. The Bertz CT molecular complexity index is 1020. The van der Waals surface area contributed by atoms with Crippen LogP contribution in [0.1, 0.15) is 27.4 Å². The number of nitro benzene ring substituents is 1. The summed E-state index contributed by atoms with van der Waals surface area (Å²) in [5.74, 6) is 0.611. The molecule has 0 radical (unpaired) electrons. The first kappa shape index (κ1) is 18.0. The maximum Gasteiger partial charge on any atom is 0.272 e. The Hall–Kier alpha value is -3.81. The maximum atomic E-state index is 12.0. The van der Waals surface area contributed by atoms with Gasteiger partial charge in [-0.15, -0.1) is 0 Å². The molecule has 0 saturated heterocycles. The molecule has 3 aromatic rings. The summed E-state index contributed by atoms with van der Waals surface area (Å²) in [4.78, 5) is 26.4. The van der Waals surface area contributed by atoms with E-state index >= 15 is 0 Å². The van der Waals surface area contributed by atoms with Crippen LogP contribution in [0, 0.1) is 24.0 Å². The molecule has 27 heavy (non-hydrogen) atoms. The van der Waals surface area contributed by atoms with E-state index in [1.54, 1.807) is 37.3 Å². The van der Waals surface area contributed by atoms with Crippen LogP contribution in [0.3, 0.4) is 0 Å². The first-order valence-corrected chi connectivity index (χ1v) is 8.05. The van der Waals surface area contributed by atoms with E-state index < -0.39 is 4.92 Å². The highest BCUT2D eigenvalue weighted by Gasteiger charge is 2.12. The summed E-state index contributed by atoms with van der Waals surface area (Å²) >= 11 is 0. The third kappa shape index (κ3) is 4.24. The van der Waals surface area contributed by atoms with E-state index in [0.717, 1.165) is 16.8 Å². The highest BCUT2D eigenvalue weighted by Crippen LogP contribution is 2.28. The lowest BCUT2D eigenvalue weighted by Gasteiger charge is -2.02. The molecule has 1 N–H and O–H groups in total. The molecule has 2 heterocycles. The SMILES string of the molecule is Cc1ccc(C(=O)N/N=C/c2ccc(-c3ccc([N+](=O)[O-])cc3C)o2)cn1. The smallest absolute Gasteiger partial charge is 0.272 e. The van der Waals surface area contributed by atoms with Crippen molar-refractivity contribution in [2.75, 3.05) is 0 Å². The van der Waals surface area contributed by atoms with Crippen LogP contribution in [0.25, 0.3) is 11.3 Å². The fourth-order valence-corrected chi connectivity index (χ4v) is 2.43. The van der Waals surface area contributed by atoms with Gasteiger partial charge in [-0.25, -0.2) is 5.43 Å². The zero-order valence-corrected chi connectivity index (χ0v) is 14.7. The number of furan rings is 1. The van der Waals surface area contributed by atoms with Gasteiger partial charge in [0.15, 0.2) is 0 Å². The van der Waals surface area contributed by atoms with E-state index in [4.69, 9.17) is 4.42 Å². The number of amides is 1. The number of hydrogen-bond acceptors (Lipinski definition) is 6. The summed E-state index contributed by atoms with van der Waals surface area (Å²) in [5.41, 5.74) is 5.12. The third-order valence-electron chi connectivity index (χ3n) is 3.84. The number of carbonyl (C=O) groups excluding carboxylic acids is 1. The molecule has 0 saturated carbocycles. The molecule has 0 aliphatic heterocycles. The number of rotatable bonds is 5. The second-order valence-electron chi connectivity index (χ2n) is 5.85. The summed E-state index contributed by atoms with van der Waals surface area (Å²) in [7, 11) is 0. The lowest BCUT2D eigenvalue weighted by molar-refractivity contribution is -0.384. The molecule has 0 aliphatic rings. The number of pyridine rings is 1.